The maximum absolute atomic E-state index is 6.07. The monoisotopic (exact) mass is 420 g/mol. The van der Waals surface area contributed by atoms with Gasteiger partial charge in [-0.3, -0.25) is 9.88 Å². The Labute approximate surface area is 184 Å². The van der Waals surface area contributed by atoms with E-state index in [0.717, 1.165) is 57.8 Å². The van der Waals surface area contributed by atoms with Gasteiger partial charge in [-0.15, -0.1) is 0 Å². The van der Waals surface area contributed by atoms with Gasteiger partial charge in [0.05, 0.1) is 5.69 Å². The molecular weight excluding hydrogens is 392 g/mol. The maximum Gasteiger partial charge on any atom is 0.122 e. The summed E-state index contributed by atoms with van der Waals surface area (Å²) in [6.07, 6.45) is 4.52. The van der Waals surface area contributed by atoms with Crippen molar-refractivity contribution in [2.24, 2.45) is 5.92 Å². The van der Waals surface area contributed by atoms with E-state index >= 15 is 0 Å². The summed E-state index contributed by atoms with van der Waals surface area (Å²) in [5.74, 6) is 1.83. The molecule has 0 bridgehead atoms. The van der Waals surface area contributed by atoms with Crippen molar-refractivity contribution in [3.05, 3.63) is 71.4 Å². The van der Waals surface area contributed by atoms with Gasteiger partial charge in [-0.05, 0) is 86.3 Å². The summed E-state index contributed by atoms with van der Waals surface area (Å²) in [7, 11) is 0. The van der Waals surface area contributed by atoms with Crippen molar-refractivity contribution in [2.45, 2.75) is 26.7 Å². The highest BCUT2D eigenvalue weighted by atomic mass is 35.5. The molecule has 0 saturated carbocycles. The average molecular weight is 421 g/mol. The second-order valence-corrected chi connectivity index (χ2v) is 8.73. The number of pyridine rings is 1. The summed E-state index contributed by atoms with van der Waals surface area (Å²) in [5.41, 5.74) is 5.40. The van der Waals surface area contributed by atoms with E-state index in [1.807, 2.05) is 30.5 Å². The number of aryl methyl sites for hydroxylation is 1. The lowest BCUT2D eigenvalue weighted by Crippen LogP contribution is -2.35. The standard InChI is InChI=1S/C26H29ClN2O/c1-19-11-13-29(14-12-19)15-16-30-26-10-6-22(17-20(26)2)25-9-5-23(18-28-25)21-3-7-24(27)8-4-21/h3-10,17-19H,11-16H2,1-2H3. The van der Waals surface area contributed by atoms with Crippen molar-refractivity contribution in [1.29, 1.82) is 0 Å². The Balaban J connectivity index is 1.37. The Kier molecular flexibility index (Phi) is 6.71. The normalized spacial score (nSPS) is 15.3. The van der Waals surface area contributed by atoms with Crippen LogP contribution < -0.4 is 4.74 Å². The molecule has 0 atom stereocenters. The van der Waals surface area contributed by atoms with E-state index in [0.29, 0.717) is 0 Å². The van der Waals surface area contributed by atoms with Crippen molar-refractivity contribution >= 4 is 11.6 Å². The van der Waals surface area contributed by atoms with Crippen LogP contribution in [0.4, 0.5) is 0 Å². The molecule has 0 N–H and O–H groups in total. The summed E-state index contributed by atoms with van der Waals surface area (Å²) in [6.45, 7) is 8.58. The first kappa shape index (κ1) is 20.9. The van der Waals surface area contributed by atoms with Crippen LogP contribution in [0.1, 0.15) is 25.3 Å². The quantitative estimate of drug-likeness (QED) is 0.455. The molecule has 2 heterocycles. The Morgan fingerprint density at radius 1 is 0.967 bits per heavy atom. The van der Waals surface area contributed by atoms with Gasteiger partial charge in [-0.25, -0.2) is 0 Å². The van der Waals surface area contributed by atoms with Gasteiger partial charge in [0, 0.05) is 28.9 Å². The molecule has 2 aromatic carbocycles. The molecule has 3 aromatic rings. The van der Waals surface area contributed by atoms with Gasteiger partial charge in [0.25, 0.3) is 0 Å². The van der Waals surface area contributed by atoms with Crippen LogP contribution in [0.2, 0.25) is 5.02 Å². The molecule has 30 heavy (non-hydrogen) atoms. The SMILES string of the molecule is Cc1cc(-c2ccc(-c3ccc(Cl)cc3)cn2)ccc1OCCN1CCC(C)CC1. The number of rotatable bonds is 6. The van der Waals surface area contributed by atoms with Crippen LogP contribution in [0.15, 0.2) is 60.8 Å². The fourth-order valence-corrected chi connectivity index (χ4v) is 4.04. The molecular formula is C26H29ClN2O. The molecule has 0 unspecified atom stereocenters. The third kappa shape index (κ3) is 5.21. The summed E-state index contributed by atoms with van der Waals surface area (Å²) in [6, 6.07) is 18.3. The second kappa shape index (κ2) is 9.63. The van der Waals surface area contributed by atoms with E-state index in [9.17, 15) is 0 Å². The Bertz CT molecular complexity index is 961. The van der Waals surface area contributed by atoms with E-state index in [-0.39, 0.29) is 0 Å². The van der Waals surface area contributed by atoms with Crippen molar-refractivity contribution in [1.82, 2.24) is 9.88 Å². The molecule has 4 rings (SSSR count). The molecule has 0 radical (unpaired) electrons. The highest BCUT2D eigenvalue weighted by Gasteiger charge is 2.15. The number of likely N-dealkylation sites (tertiary alicyclic amines) is 1. The van der Waals surface area contributed by atoms with E-state index in [1.54, 1.807) is 0 Å². The number of piperidine rings is 1. The number of halogens is 1. The lowest BCUT2D eigenvalue weighted by atomic mass is 9.99. The summed E-state index contributed by atoms with van der Waals surface area (Å²) < 4.78 is 6.07. The van der Waals surface area contributed by atoms with Gasteiger partial charge in [0.2, 0.25) is 0 Å². The number of hydrogen-bond donors (Lipinski definition) is 0. The molecule has 1 fully saturated rings. The third-order valence-electron chi connectivity index (χ3n) is 5.95. The van der Waals surface area contributed by atoms with Gasteiger partial charge in [0.15, 0.2) is 0 Å². The maximum atomic E-state index is 6.07. The molecule has 1 aliphatic heterocycles. The zero-order valence-electron chi connectivity index (χ0n) is 17.8. The van der Waals surface area contributed by atoms with Gasteiger partial charge in [-0.2, -0.15) is 0 Å². The Morgan fingerprint density at radius 2 is 1.67 bits per heavy atom. The highest BCUT2D eigenvalue weighted by Crippen LogP contribution is 2.27. The van der Waals surface area contributed by atoms with E-state index in [4.69, 9.17) is 16.3 Å². The number of ether oxygens (including phenoxy) is 1. The molecule has 1 aliphatic rings. The van der Waals surface area contributed by atoms with Crippen LogP contribution >= 0.6 is 11.6 Å². The predicted molar refractivity (Wildman–Crippen MR) is 125 cm³/mol. The number of hydrogen-bond acceptors (Lipinski definition) is 3. The first-order chi connectivity index (χ1) is 14.6. The van der Waals surface area contributed by atoms with E-state index in [2.05, 4.69) is 54.1 Å². The number of benzene rings is 2. The molecule has 3 nitrogen and oxygen atoms in total. The second-order valence-electron chi connectivity index (χ2n) is 8.29. The van der Waals surface area contributed by atoms with Gasteiger partial charge >= 0.3 is 0 Å². The Morgan fingerprint density at radius 3 is 2.33 bits per heavy atom. The smallest absolute Gasteiger partial charge is 0.122 e. The lowest BCUT2D eigenvalue weighted by molar-refractivity contribution is 0.160. The van der Waals surface area contributed by atoms with Crippen molar-refractivity contribution in [3.63, 3.8) is 0 Å². The van der Waals surface area contributed by atoms with Crippen molar-refractivity contribution in [3.8, 4) is 28.1 Å². The molecule has 0 amide bonds. The minimum atomic E-state index is 0.739. The van der Waals surface area contributed by atoms with Crippen molar-refractivity contribution in [2.75, 3.05) is 26.2 Å². The fourth-order valence-electron chi connectivity index (χ4n) is 3.92. The van der Waals surface area contributed by atoms with Crippen LogP contribution in [0, 0.1) is 12.8 Å². The minimum absolute atomic E-state index is 0.739. The molecule has 156 valence electrons. The zero-order valence-corrected chi connectivity index (χ0v) is 18.5. The predicted octanol–water partition coefficient (Wildman–Crippen LogP) is 6.49. The number of aromatic nitrogens is 1. The van der Waals surface area contributed by atoms with E-state index in [1.165, 1.54) is 25.9 Å². The molecule has 4 heteroatoms. The number of nitrogens with zero attached hydrogens (tertiary/aromatic N) is 2. The van der Waals surface area contributed by atoms with Gasteiger partial charge in [-0.1, -0.05) is 36.7 Å². The van der Waals surface area contributed by atoms with Crippen molar-refractivity contribution < 1.29 is 4.74 Å². The fraction of sp³-hybridized carbons (Fsp3) is 0.346. The zero-order chi connectivity index (χ0) is 20.9. The first-order valence-corrected chi connectivity index (χ1v) is 11.1. The highest BCUT2D eigenvalue weighted by molar-refractivity contribution is 6.30. The molecule has 1 aromatic heterocycles. The van der Waals surface area contributed by atoms with Crippen LogP contribution in [0.25, 0.3) is 22.4 Å². The van der Waals surface area contributed by atoms with Crippen LogP contribution in [-0.4, -0.2) is 36.1 Å². The molecule has 1 saturated heterocycles. The van der Waals surface area contributed by atoms with E-state index < -0.39 is 0 Å². The topological polar surface area (TPSA) is 25.4 Å². The van der Waals surface area contributed by atoms with Gasteiger partial charge < -0.3 is 4.74 Å². The largest absolute Gasteiger partial charge is 0.492 e. The third-order valence-corrected chi connectivity index (χ3v) is 6.21. The summed E-state index contributed by atoms with van der Waals surface area (Å²) in [5, 5.41) is 0.742. The van der Waals surface area contributed by atoms with Crippen LogP contribution in [0.5, 0.6) is 5.75 Å². The van der Waals surface area contributed by atoms with Crippen LogP contribution in [-0.2, 0) is 0 Å². The first-order valence-electron chi connectivity index (χ1n) is 10.8. The Hall–Kier alpha value is -2.36. The lowest BCUT2D eigenvalue weighted by Gasteiger charge is -2.30. The van der Waals surface area contributed by atoms with Crippen LogP contribution in [0.3, 0.4) is 0 Å². The average Bonchev–Trinajstić information content (AvgIpc) is 2.77. The molecule has 0 spiro atoms. The van der Waals surface area contributed by atoms with Gasteiger partial charge in [0.1, 0.15) is 12.4 Å². The summed E-state index contributed by atoms with van der Waals surface area (Å²) in [4.78, 5) is 7.18. The molecule has 0 aliphatic carbocycles. The summed E-state index contributed by atoms with van der Waals surface area (Å²) >= 11 is 5.98. The minimum Gasteiger partial charge on any atom is -0.492 e.